The highest BCUT2D eigenvalue weighted by atomic mass is 32.2. The van der Waals surface area contributed by atoms with E-state index in [1.54, 1.807) is 0 Å². The van der Waals surface area contributed by atoms with Crippen LogP contribution in [0.3, 0.4) is 0 Å². The molecule has 0 aromatic rings. The highest BCUT2D eigenvalue weighted by molar-refractivity contribution is 7.99. The lowest BCUT2D eigenvalue weighted by Crippen LogP contribution is -2.27. The normalized spacial score (nSPS) is 13.4. The number of nitrogens with two attached hydrogens (primary N) is 1. The maximum absolute atomic E-state index is 10.9. The highest BCUT2D eigenvalue weighted by Gasteiger charge is 2.13. The Bertz CT molecular complexity index is 292. The van der Waals surface area contributed by atoms with Crippen molar-refractivity contribution in [1.29, 1.82) is 0 Å². The fourth-order valence-corrected chi connectivity index (χ4v) is 2.10. The van der Waals surface area contributed by atoms with Crippen LogP contribution in [0.2, 0.25) is 0 Å². The number of carbonyl (C=O) groups excluding carboxylic acids is 3. The summed E-state index contributed by atoms with van der Waals surface area (Å²) in [5.41, 5.74) is 5.43. The minimum Gasteiger partial charge on any atom is -0.474 e. The topological polar surface area (TPSA) is 95.7 Å². The molecule has 0 amide bonds. The smallest absolute Gasteiger partial charge is 0.243 e. The van der Waals surface area contributed by atoms with E-state index in [0.29, 0.717) is 24.2 Å². The van der Waals surface area contributed by atoms with Crippen LogP contribution in [0.1, 0.15) is 6.42 Å². The second-order valence-electron chi connectivity index (χ2n) is 3.70. The van der Waals surface area contributed by atoms with Crippen LogP contribution in [0, 0.1) is 0 Å². The van der Waals surface area contributed by atoms with Crippen molar-refractivity contribution in [3.05, 3.63) is 0 Å². The van der Waals surface area contributed by atoms with Crippen molar-refractivity contribution in [3.8, 4) is 0 Å². The Morgan fingerprint density at radius 3 is 2.44 bits per heavy atom. The molecular formula is C9H17B2NO5S. The Balaban J connectivity index is 3.94. The van der Waals surface area contributed by atoms with Crippen LogP contribution in [0.15, 0.2) is 0 Å². The largest absolute Gasteiger partial charge is 0.474 e. The molecule has 6 nitrogen and oxygen atoms in total. The summed E-state index contributed by atoms with van der Waals surface area (Å²) in [5.74, 6) is 0.229. The van der Waals surface area contributed by atoms with Crippen molar-refractivity contribution < 1.29 is 23.9 Å². The van der Waals surface area contributed by atoms with E-state index in [4.69, 9.17) is 15.2 Å². The minimum atomic E-state index is -0.513. The van der Waals surface area contributed by atoms with Gasteiger partial charge in [0.2, 0.25) is 27.4 Å². The molecule has 18 heavy (non-hydrogen) atoms. The molecule has 0 aromatic carbocycles. The third-order valence-electron chi connectivity index (χ3n) is 1.87. The predicted octanol–water partition coefficient (Wildman–Crippen LogP) is -1.46. The minimum absolute atomic E-state index is 0.202. The SMILES string of the molecule is BC(=O)OCCC(CSCC(N)C=O)OC(B)=O. The molecule has 0 fully saturated rings. The zero-order chi connectivity index (χ0) is 14.0. The number of thioether (sulfide) groups is 1. The fourth-order valence-electron chi connectivity index (χ4n) is 1.12. The number of hydrogen-bond acceptors (Lipinski definition) is 7. The van der Waals surface area contributed by atoms with Gasteiger partial charge >= 0.3 is 0 Å². The van der Waals surface area contributed by atoms with Crippen LogP contribution in [-0.2, 0) is 14.3 Å². The van der Waals surface area contributed by atoms with Gasteiger partial charge in [0.15, 0.2) is 0 Å². The number of rotatable bonds is 9. The van der Waals surface area contributed by atoms with E-state index in [1.807, 2.05) is 0 Å². The standard InChI is InChI=1S/C9H17B2NO5S/c10-8(14)16-2-1-7(17-9(11)15)5-18-4-6(12)3-13/h3,6-7H,1-2,4-5,10-12H2. The van der Waals surface area contributed by atoms with E-state index < -0.39 is 6.04 Å². The zero-order valence-electron chi connectivity index (χ0n) is 10.6. The van der Waals surface area contributed by atoms with E-state index in [1.165, 1.54) is 27.5 Å². The third kappa shape index (κ3) is 10.2. The second-order valence-corrected chi connectivity index (χ2v) is 4.77. The zero-order valence-corrected chi connectivity index (χ0v) is 11.4. The monoisotopic (exact) mass is 273 g/mol. The fraction of sp³-hybridized carbons (Fsp3) is 0.667. The molecule has 2 unspecified atom stereocenters. The van der Waals surface area contributed by atoms with Gasteiger partial charge in [-0.2, -0.15) is 11.8 Å². The summed E-state index contributed by atoms with van der Waals surface area (Å²) in [6.45, 7) is 0.202. The third-order valence-corrected chi connectivity index (χ3v) is 3.09. The Labute approximate surface area is 112 Å². The van der Waals surface area contributed by atoms with Crippen molar-refractivity contribution in [3.63, 3.8) is 0 Å². The molecule has 0 saturated heterocycles. The van der Waals surface area contributed by atoms with Gasteiger partial charge < -0.3 is 20.0 Å². The lowest BCUT2D eigenvalue weighted by atomic mass is 10.1. The summed E-state index contributed by atoms with van der Waals surface area (Å²) < 4.78 is 9.85. The Hall–Kier alpha value is -0.950. The maximum atomic E-state index is 10.9. The van der Waals surface area contributed by atoms with Gasteiger partial charge in [0, 0.05) is 17.9 Å². The molecular weight excluding hydrogens is 256 g/mol. The molecule has 0 spiro atoms. The van der Waals surface area contributed by atoms with Gasteiger partial charge in [-0.15, -0.1) is 0 Å². The first-order valence-corrected chi connectivity index (χ1v) is 6.70. The molecule has 0 heterocycles. The van der Waals surface area contributed by atoms with Gasteiger partial charge in [-0.05, 0) is 0 Å². The predicted molar refractivity (Wildman–Crippen MR) is 74.7 cm³/mol. The molecule has 100 valence electrons. The first-order chi connectivity index (χ1) is 8.45. The molecule has 2 atom stereocenters. The van der Waals surface area contributed by atoms with Crippen LogP contribution < -0.4 is 5.73 Å². The molecule has 0 aliphatic rings. The summed E-state index contributed by atoms with van der Waals surface area (Å²) in [6, 6.07) is -0.513. The summed E-state index contributed by atoms with van der Waals surface area (Å²) in [6.07, 6.45) is 0.764. The van der Waals surface area contributed by atoms with Crippen molar-refractivity contribution in [2.75, 3.05) is 18.1 Å². The lowest BCUT2D eigenvalue weighted by molar-refractivity contribution is -0.108. The van der Waals surface area contributed by atoms with E-state index in [0.717, 1.165) is 0 Å². The van der Waals surface area contributed by atoms with Crippen LogP contribution >= 0.6 is 11.8 Å². The van der Waals surface area contributed by atoms with Gasteiger partial charge in [0.25, 0.3) is 0 Å². The molecule has 0 aliphatic carbocycles. The number of ether oxygens (including phenoxy) is 2. The van der Waals surface area contributed by atoms with Gasteiger partial charge in [0.05, 0.1) is 12.6 Å². The summed E-state index contributed by atoms with van der Waals surface area (Å²) in [4.78, 5) is 31.8. The van der Waals surface area contributed by atoms with E-state index in [9.17, 15) is 14.4 Å². The Morgan fingerprint density at radius 1 is 1.28 bits per heavy atom. The molecule has 2 N–H and O–H groups in total. The van der Waals surface area contributed by atoms with E-state index in [2.05, 4.69) is 0 Å². The number of carbonyl (C=O) groups is 3. The molecule has 0 aromatic heterocycles. The lowest BCUT2D eigenvalue weighted by Gasteiger charge is -2.17. The summed E-state index contributed by atoms with van der Waals surface area (Å²) in [7, 11) is 2.64. The van der Waals surface area contributed by atoms with Crippen molar-refractivity contribution in [2.24, 2.45) is 5.73 Å². The van der Waals surface area contributed by atoms with Gasteiger partial charge in [0.1, 0.15) is 12.4 Å². The Kier molecular flexibility index (Phi) is 9.49. The Morgan fingerprint density at radius 2 is 1.94 bits per heavy atom. The van der Waals surface area contributed by atoms with Gasteiger partial charge in [-0.3, -0.25) is 9.59 Å². The second kappa shape index (κ2) is 10.0. The van der Waals surface area contributed by atoms with E-state index in [-0.39, 0.29) is 24.4 Å². The van der Waals surface area contributed by atoms with Gasteiger partial charge in [-0.25, -0.2) is 0 Å². The van der Waals surface area contributed by atoms with Gasteiger partial charge in [-0.1, -0.05) is 0 Å². The highest BCUT2D eigenvalue weighted by Crippen LogP contribution is 2.10. The van der Waals surface area contributed by atoms with Crippen LogP contribution in [-0.4, -0.2) is 64.0 Å². The molecule has 0 aliphatic heterocycles. The van der Waals surface area contributed by atoms with E-state index >= 15 is 0 Å². The maximum Gasteiger partial charge on any atom is 0.243 e. The molecule has 0 rings (SSSR count). The molecule has 0 bridgehead atoms. The van der Waals surface area contributed by atoms with Crippen LogP contribution in [0.4, 0.5) is 9.59 Å². The quantitative estimate of drug-likeness (QED) is 0.405. The number of aldehydes is 1. The first-order valence-electron chi connectivity index (χ1n) is 5.55. The van der Waals surface area contributed by atoms with Crippen molar-refractivity contribution >= 4 is 45.5 Å². The van der Waals surface area contributed by atoms with Crippen molar-refractivity contribution in [1.82, 2.24) is 0 Å². The van der Waals surface area contributed by atoms with Crippen LogP contribution in [0.5, 0.6) is 0 Å². The number of hydrogen-bond donors (Lipinski definition) is 1. The first kappa shape index (κ1) is 17.0. The molecule has 0 saturated carbocycles. The summed E-state index contributed by atoms with van der Waals surface area (Å²) in [5, 5.41) is 0. The molecule has 9 heteroatoms. The van der Waals surface area contributed by atoms with Crippen molar-refractivity contribution in [2.45, 2.75) is 18.6 Å². The summed E-state index contributed by atoms with van der Waals surface area (Å²) >= 11 is 1.42. The van der Waals surface area contributed by atoms with Crippen LogP contribution in [0.25, 0.3) is 0 Å². The average molecular weight is 273 g/mol. The average Bonchev–Trinajstić information content (AvgIpc) is 2.27. The molecule has 0 radical (unpaired) electrons.